The lowest BCUT2D eigenvalue weighted by atomic mass is 9.85. The van der Waals surface area contributed by atoms with E-state index in [0.717, 1.165) is 47.6 Å². The van der Waals surface area contributed by atoms with E-state index in [0.29, 0.717) is 66.9 Å². The van der Waals surface area contributed by atoms with Gasteiger partial charge >= 0.3 is 6.01 Å². The number of phenolic OH excluding ortho intramolecular Hbond substituents is 1. The Morgan fingerprint density at radius 1 is 0.962 bits per heavy atom. The molecular weight excluding hydrogens is 1050 g/mol. The molecule has 0 bridgehead atoms. The molecule has 5 heterocycles. The Kier molecular flexibility index (Phi) is 17.5. The van der Waals surface area contributed by atoms with Crippen LogP contribution in [0.1, 0.15) is 71.2 Å². The smallest absolute Gasteiger partial charge is 0.319 e. The second-order valence-corrected chi connectivity index (χ2v) is 23.3. The molecule has 3 fully saturated rings. The predicted octanol–water partition coefficient (Wildman–Crippen LogP) is 8.08. The number of aromatic hydroxyl groups is 1. The molecule has 3 aliphatic heterocycles. The number of hydrogen-bond acceptors (Lipinski definition) is 14. The van der Waals surface area contributed by atoms with Gasteiger partial charge in [-0.2, -0.15) is 9.97 Å². The van der Waals surface area contributed by atoms with Gasteiger partial charge < -0.3 is 45.0 Å². The van der Waals surface area contributed by atoms with Gasteiger partial charge in [-0.25, -0.2) is 9.37 Å². The normalized spacial score (nSPS) is 18.6. The summed E-state index contributed by atoms with van der Waals surface area (Å²) in [7, 11) is 0. The SMILES string of the molecule is C=CC(=O)N1CCN(c2nc(O[C@H](C)CN3CCC(COCC(=O)N[C@H](C(=O)N4C[C@H](O)C[C@H]4C(=O)N[C@@H](C)c4ccc(-c5scnc5C)cc4)C(C)(C)C)CC3)nc3c(F)c(-c4cc(O)cc5ccccc45)c(Cl)cc23)CC1. The Hall–Kier alpha value is -6.77. The average molecular weight is 1120 g/mol. The topological polar surface area (TPSA) is 203 Å². The van der Waals surface area contributed by atoms with Crippen molar-refractivity contribution < 1.29 is 43.3 Å². The van der Waals surface area contributed by atoms with Crippen molar-refractivity contribution in [2.45, 2.75) is 91.1 Å². The average Bonchev–Trinajstić information content (AvgIpc) is 4.23. The van der Waals surface area contributed by atoms with Crippen LogP contribution in [0.3, 0.4) is 0 Å². The molecular formula is C59H69ClFN9O8S. The number of β-amino-alcohol motifs (C(OH)–C–C–N with tert-alkyl or cyclic N) is 1. The largest absolute Gasteiger partial charge is 0.508 e. The van der Waals surface area contributed by atoms with Gasteiger partial charge in [0.25, 0.3) is 0 Å². The summed E-state index contributed by atoms with van der Waals surface area (Å²) >= 11 is 8.51. The molecule has 0 radical (unpaired) electrons. The van der Waals surface area contributed by atoms with Crippen molar-refractivity contribution in [1.82, 2.24) is 40.3 Å². The number of thiazole rings is 1. The van der Waals surface area contributed by atoms with Crippen molar-refractivity contribution in [3.05, 3.63) is 107 Å². The molecule has 0 saturated carbocycles. The molecule has 0 unspecified atom stereocenters. The lowest BCUT2D eigenvalue weighted by Gasteiger charge is -2.36. The number of carbonyl (C=O) groups excluding carboxylic acids is 4. The van der Waals surface area contributed by atoms with Crippen molar-refractivity contribution >= 4 is 74.1 Å². The first-order valence-electron chi connectivity index (χ1n) is 26.9. The third-order valence-electron chi connectivity index (χ3n) is 15.2. The zero-order chi connectivity index (χ0) is 56.3. The van der Waals surface area contributed by atoms with E-state index in [1.807, 2.05) is 100 Å². The molecule has 3 saturated heterocycles. The fraction of sp³-hybridized carbons (Fsp3) is 0.441. The van der Waals surface area contributed by atoms with Crippen LogP contribution in [-0.2, 0) is 23.9 Å². The zero-order valence-electron chi connectivity index (χ0n) is 45.5. The van der Waals surface area contributed by atoms with E-state index < -0.39 is 47.3 Å². The lowest BCUT2D eigenvalue weighted by molar-refractivity contribution is -0.144. The van der Waals surface area contributed by atoms with Gasteiger partial charge in [-0.15, -0.1) is 11.3 Å². The fourth-order valence-corrected chi connectivity index (χ4v) is 12.0. The Morgan fingerprint density at radius 3 is 2.37 bits per heavy atom. The lowest BCUT2D eigenvalue weighted by Crippen LogP contribution is -2.58. The molecule has 9 rings (SSSR count). The van der Waals surface area contributed by atoms with Gasteiger partial charge in [-0.05, 0) is 110 Å². The maximum atomic E-state index is 17.2. The predicted molar refractivity (Wildman–Crippen MR) is 305 cm³/mol. The number of hydrogen-bond donors (Lipinski definition) is 4. The number of halogens is 2. The quantitative estimate of drug-likeness (QED) is 0.0639. The number of piperazine rings is 1. The Balaban J connectivity index is 0.790. The van der Waals surface area contributed by atoms with E-state index in [4.69, 9.17) is 26.1 Å². The monoisotopic (exact) mass is 1120 g/mol. The summed E-state index contributed by atoms with van der Waals surface area (Å²) in [6.07, 6.45) is 1.64. The third kappa shape index (κ3) is 13.0. The molecule has 17 nitrogen and oxygen atoms in total. The maximum absolute atomic E-state index is 17.2. The minimum atomic E-state index is -0.992. The van der Waals surface area contributed by atoms with Crippen LogP contribution in [0.2, 0.25) is 5.02 Å². The number of piperidine rings is 1. The minimum Gasteiger partial charge on any atom is -0.508 e. The number of carbonyl (C=O) groups is 4. The van der Waals surface area contributed by atoms with Crippen LogP contribution in [0.4, 0.5) is 10.2 Å². The van der Waals surface area contributed by atoms with Crippen molar-refractivity contribution in [2.75, 3.05) is 70.5 Å². The molecule has 418 valence electrons. The van der Waals surface area contributed by atoms with Crippen molar-refractivity contribution in [2.24, 2.45) is 11.3 Å². The first-order valence-corrected chi connectivity index (χ1v) is 28.2. The van der Waals surface area contributed by atoms with Crippen LogP contribution in [0.5, 0.6) is 11.8 Å². The fourth-order valence-electron chi connectivity index (χ4n) is 10.9. The van der Waals surface area contributed by atoms with Gasteiger partial charge in [-0.1, -0.05) is 87.5 Å². The molecule has 4 amide bonds. The maximum Gasteiger partial charge on any atom is 0.319 e. The van der Waals surface area contributed by atoms with E-state index in [-0.39, 0.29) is 71.2 Å². The number of rotatable bonds is 17. The highest BCUT2D eigenvalue weighted by Crippen LogP contribution is 2.43. The Bertz CT molecular complexity index is 3230. The number of fused-ring (bicyclic) bond motifs is 2. The van der Waals surface area contributed by atoms with Crippen LogP contribution < -0.4 is 20.3 Å². The number of aliphatic hydroxyl groups excluding tert-OH is 1. The minimum absolute atomic E-state index is 0.00494. The number of nitrogens with zero attached hydrogens (tertiary/aromatic N) is 7. The van der Waals surface area contributed by atoms with Crippen LogP contribution in [0.25, 0.3) is 43.2 Å². The first-order chi connectivity index (χ1) is 37.8. The van der Waals surface area contributed by atoms with Crippen molar-refractivity contribution in [3.8, 4) is 33.3 Å². The highest BCUT2D eigenvalue weighted by molar-refractivity contribution is 7.13. The van der Waals surface area contributed by atoms with Gasteiger partial charge in [0.15, 0.2) is 5.82 Å². The summed E-state index contributed by atoms with van der Waals surface area (Å²) in [5.41, 5.74) is 4.47. The van der Waals surface area contributed by atoms with Crippen LogP contribution >= 0.6 is 22.9 Å². The Labute approximate surface area is 468 Å². The third-order valence-corrected chi connectivity index (χ3v) is 16.5. The number of aliphatic hydroxyl groups is 1. The number of aromatic nitrogens is 3. The second kappa shape index (κ2) is 24.3. The molecule has 20 heteroatoms. The molecule has 79 heavy (non-hydrogen) atoms. The summed E-state index contributed by atoms with van der Waals surface area (Å²) in [4.78, 5) is 76.2. The number of aryl methyl sites for hydroxylation is 1. The number of phenols is 1. The van der Waals surface area contributed by atoms with Crippen molar-refractivity contribution in [3.63, 3.8) is 0 Å². The number of likely N-dealkylation sites (tertiary alicyclic amines) is 2. The summed E-state index contributed by atoms with van der Waals surface area (Å²) < 4.78 is 29.6. The van der Waals surface area contributed by atoms with Crippen molar-refractivity contribution in [1.29, 1.82) is 0 Å². The number of anilines is 1. The first kappa shape index (κ1) is 56.9. The molecule has 6 aromatic rings. The van der Waals surface area contributed by atoms with E-state index in [2.05, 4.69) is 32.1 Å². The van der Waals surface area contributed by atoms with E-state index in [1.165, 1.54) is 17.0 Å². The zero-order valence-corrected chi connectivity index (χ0v) is 47.1. The van der Waals surface area contributed by atoms with Crippen LogP contribution in [-0.4, -0.2) is 153 Å². The van der Waals surface area contributed by atoms with E-state index in [1.54, 1.807) is 28.4 Å². The molecule has 4 N–H and O–H groups in total. The summed E-state index contributed by atoms with van der Waals surface area (Å²) in [6.45, 7) is 18.6. The van der Waals surface area contributed by atoms with Gasteiger partial charge in [0.1, 0.15) is 41.9 Å². The number of nitrogens with one attached hydrogen (secondary N) is 2. The van der Waals surface area contributed by atoms with Crippen LogP contribution in [0, 0.1) is 24.1 Å². The molecule has 5 atom stereocenters. The van der Waals surface area contributed by atoms with E-state index in [9.17, 15) is 29.4 Å². The number of ether oxygens (including phenoxy) is 2. The summed E-state index contributed by atoms with van der Waals surface area (Å²) in [6, 6.07) is 17.7. The molecule has 2 aromatic heterocycles. The van der Waals surface area contributed by atoms with Crippen LogP contribution in [0.15, 0.2) is 84.9 Å². The summed E-state index contributed by atoms with van der Waals surface area (Å²) in [5.74, 6) is -1.59. The highest BCUT2D eigenvalue weighted by Gasteiger charge is 2.45. The van der Waals surface area contributed by atoms with Gasteiger partial charge in [-0.3, -0.25) is 24.1 Å². The highest BCUT2D eigenvalue weighted by atomic mass is 35.5. The molecule has 3 aliphatic rings. The second-order valence-electron chi connectivity index (χ2n) is 22.1. The molecule has 0 aliphatic carbocycles. The van der Waals surface area contributed by atoms with E-state index >= 15 is 4.39 Å². The number of amides is 4. The Morgan fingerprint density at radius 2 is 1.68 bits per heavy atom. The number of benzene rings is 4. The van der Waals surface area contributed by atoms with Gasteiger partial charge in [0.2, 0.25) is 23.6 Å². The molecule has 0 spiro atoms. The van der Waals surface area contributed by atoms with Gasteiger partial charge in [0.05, 0.1) is 39.9 Å². The summed E-state index contributed by atoms with van der Waals surface area (Å²) in [5, 5.41) is 29.3. The van der Waals surface area contributed by atoms with Gasteiger partial charge in [0, 0.05) is 56.6 Å². The molecule has 4 aromatic carbocycles. The standard InChI is InChI=1S/C59H69ClFN9O8S/c1-8-49(74)68-21-23-69(24-22-68)55-45-28-46(60)50(44-26-41(71)25-40-11-9-10-12-43(40)44)51(61)52(45)65-58(66-55)78-34(2)29-67-19-17-37(18-20-67)31-77-32-48(73)64-54(59(5,6)7)57(76)70-30-42(72)27-47(70)56(75)63-35(3)38-13-15-39(16-14-38)53-36(4)62-33-79-53/h8-16,25-26,28,33-35,37,42,47,54,71-72H,1,17-24,27,29-32H2,2-7H3,(H,63,75)(H,64,73)/t34-,35+,42-,47+,54-/m1/s1.